The van der Waals surface area contributed by atoms with Gasteiger partial charge < -0.3 is 18.9 Å². The molecule has 0 radical (unpaired) electrons. The van der Waals surface area contributed by atoms with E-state index in [1.807, 2.05) is 0 Å². The van der Waals surface area contributed by atoms with Crippen LogP contribution in [0.2, 0.25) is 0 Å². The van der Waals surface area contributed by atoms with E-state index in [2.05, 4.69) is 19.7 Å². The molecule has 0 amide bonds. The van der Waals surface area contributed by atoms with Gasteiger partial charge in [-0.2, -0.15) is 9.97 Å². The third-order valence-electron chi connectivity index (χ3n) is 2.65. The number of aromatic nitrogens is 3. The van der Waals surface area contributed by atoms with Gasteiger partial charge in [0.25, 0.3) is 0 Å². The van der Waals surface area contributed by atoms with Crippen LogP contribution >= 0.6 is 0 Å². The Labute approximate surface area is 127 Å². The van der Waals surface area contributed by atoms with E-state index in [0.717, 1.165) is 0 Å². The molecule has 2 aromatic rings. The van der Waals surface area contributed by atoms with E-state index in [1.165, 1.54) is 27.5 Å². The van der Waals surface area contributed by atoms with Gasteiger partial charge in [-0.1, -0.05) is 0 Å². The second kappa shape index (κ2) is 7.21. The van der Waals surface area contributed by atoms with E-state index in [1.54, 1.807) is 18.2 Å². The highest BCUT2D eigenvalue weighted by atomic mass is 16.5. The molecule has 0 aliphatic rings. The summed E-state index contributed by atoms with van der Waals surface area (Å²) >= 11 is 0. The van der Waals surface area contributed by atoms with Crippen LogP contribution in [-0.4, -0.2) is 42.3 Å². The average Bonchev–Trinajstić information content (AvgIpc) is 2.59. The number of esters is 1. The van der Waals surface area contributed by atoms with Gasteiger partial charge in [0, 0.05) is 6.20 Å². The van der Waals surface area contributed by atoms with Crippen molar-refractivity contribution in [3.8, 4) is 17.5 Å². The zero-order chi connectivity index (χ0) is 15.9. The summed E-state index contributed by atoms with van der Waals surface area (Å²) in [5.74, 6) is 0.741. The molecule has 0 bridgehead atoms. The Bertz CT molecular complexity index is 640. The molecule has 0 spiro atoms. The third-order valence-corrected chi connectivity index (χ3v) is 2.65. The summed E-state index contributed by atoms with van der Waals surface area (Å²) in [5.41, 5.74) is 0.0832. The largest absolute Gasteiger partial charge is 0.483 e. The molecule has 0 saturated carbocycles. The molecule has 0 unspecified atom stereocenters. The number of hydrogen-bond donors (Lipinski definition) is 0. The summed E-state index contributed by atoms with van der Waals surface area (Å²) in [6.45, 7) is 0.0171. The van der Waals surface area contributed by atoms with Gasteiger partial charge in [-0.3, -0.25) is 0 Å². The lowest BCUT2D eigenvalue weighted by atomic mass is 10.3. The standard InChI is InChI=1S/C14H15N3O5/c1-19-11-7-12(20-2)17-10(16-11)8-22-9-5-4-6-15-13(9)14(18)21-3/h4-7H,8H2,1-3H3. The van der Waals surface area contributed by atoms with Crippen LogP contribution < -0.4 is 14.2 Å². The molecule has 8 heteroatoms. The monoisotopic (exact) mass is 305 g/mol. The molecule has 0 N–H and O–H groups in total. The fraction of sp³-hybridized carbons (Fsp3) is 0.286. The lowest BCUT2D eigenvalue weighted by Crippen LogP contribution is -2.09. The molecule has 2 rings (SSSR count). The van der Waals surface area contributed by atoms with Gasteiger partial charge in [-0.15, -0.1) is 0 Å². The van der Waals surface area contributed by atoms with E-state index in [9.17, 15) is 4.79 Å². The van der Waals surface area contributed by atoms with Crippen LogP contribution in [0.1, 0.15) is 16.3 Å². The fourth-order valence-electron chi connectivity index (χ4n) is 1.62. The second-order valence-electron chi connectivity index (χ2n) is 4.00. The predicted octanol–water partition coefficient (Wildman–Crippen LogP) is 1.25. The van der Waals surface area contributed by atoms with E-state index in [-0.39, 0.29) is 18.1 Å². The summed E-state index contributed by atoms with van der Waals surface area (Å²) < 4.78 is 20.3. The van der Waals surface area contributed by atoms with Crippen molar-refractivity contribution in [3.05, 3.63) is 35.9 Å². The molecule has 8 nitrogen and oxygen atoms in total. The van der Waals surface area contributed by atoms with E-state index in [0.29, 0.717) is 17.6 Å². The highest BCUT2D eigenvalue weighted by molar-refractivity contribution is 5.90. The number of ether oxygens (including phenoxy) is 4. The topological polar surface area (TPSA) is 92.7 Å². The van der Waals surface area contributed by atoms with Crippen molar-refractivity contribution in [2.75, 3.05) is 21.3 Å². The Hall–Kier alpha value is -2.90. The van der Waals surface area contributed by atoms with E-state index in [4.69, 9.17) is 14.2 Å². The lowest BCUT2D eigenvalue weighted by molar-refractivity contribution is 0.0588. The van der Waals surface area contributed by atoms with Crippen molar-refractivity contribution in [1.82, 2.24) is 15.0 Å². The molecule has 22 heavy (non-hydrogen) atoms. The Balaban J connectivity index is 2.18. The van der Waals surface area contributed by atoms with Crippen LogP contribution in [0.15, 0.2) is 24.4 Å². The van der Waals surface area contributed by atoms with Gasteiger partial charge in [0.2, 0.25) is 11.8 Å². The molecular weight excluding hydrogens is 290 g/mol. The quantitative estimate of drug-likeness (QED) is 0.736. The number of carbonyl (C=O) groups excluding carboxylic acids is 1. The van der Waals surface area contributed by atoms with Crippen molar-refractivity contribution < 1.29 is 23.7 Å². The first-order chi connectivity index (χ1) is 10.7. The number of nitrogens with zero attached hydrogens (tertiary/aromatic N) is 3. The lowest BCUT2D eigenvalue weighted by Gasteiger charge is -2.10. The zero-order valence-electron chi connectivity index (χ0n) is 12.4. The van der Waals surface area contributed by atoms with Crippen LogP contribution in [0.3, 0.4) is 0 Å². The minimum atomic E-state index is -0.584. The van der Waals surface area contributed by atoms with Gasteiger partial charge in [0.1, 0.15) is 6.61 Å². The van der Waals surface area contributed by atoms with Crippen molar-refractivity contribution >= 4 is 5.97 Å². The van der Waals surface area contributed by atoms with E-state index >= 15 is 0 Å². The van der Waals surface area contributed by atoms with Crippen LogP contribution in [0.5, 0.6) is 17.5 Å². The molecule has 0 aliphatic heterocycles. The maximum Gasteiger partial charge on any atom is 0.360 e. The first-order valence-corrected chi connectivity index (χ1v) is 6.30. The number of methoxy groups -OCH3 is 3. The molecule has 2 aromatic heterocycles. The van der Waals surface area contributed by atoms with Crippen LogP contribution in [0.4, 0.5) is 0 Å². The highest BCUT2D eigenvalue weighted by Gasteiger charge is 2.15. The Morgan fingerprint density at radius 2 is 1.82 bits per heavy atom. The van der Waals surface area contributed by atoms with E-state index < -0.39 is 5.97 Å². The van der Waals surface area contributed by atoms with Crippen molar-refractivity contribution in [3.63, 3.8) is 0 Å². The maximum atomic E-state index is 11.6. The van der Waals surface area contributed by atoms with Crippen LogP contribution in [0.25, 0.3) is 0 Å². The Morgan fingerprint density at radius 3 is 2.41 bits per heavy atom. The average molecular weight is 305 g/mol. The highest BCUT2D eigenvalue weighted by Crippen LogP contribution is 2.19. The summed E-state index contributed by atoms with van der Waals surface area (Å²) in [6, 6.07) is 4.80. The normalized spacial score (nSPS) is 9.95. The minimum absolute atomic E-state index is 0.0171. The van der Waals surface area contributed by atoms with Gasteiger partial charge in [0.05, 0.1) is 27.4 Å². The summed E-state index contributed by atoms with van der Waals surface area (Å²) in [7, 11) is 4.25. The van der Waals surface area contributed by atoms with Gasteiger partial charge in [0.15, 0.2) is 17.3 Å². The summed E-state index contributed by atoms with van der Waals surface area (Å²) in [6.07, 6.45) is 1.48. The molecule has 2 heterocycles. The number of carbonyl (C=O) groups is 1. The molecule has 116 valence electrons. The number of rotatable bonds is 6. The first-order valence-electron chi connectivity index (χ1n) is 6.30. The predicted molar refractivity (Wildman–Crippen MR) is 75.0 cm³/mol. The maximum absolute atomic E-state index is 11.6. The van der Waals surface area contributed by atoms with Crippen LogP contribution in [-0.2, 0) is 11.3 Å². The summed E-state index contributed by atoms with van der Waals surface area (Å²) in [4.78, 5) is 23.8. The van der Waals surface area contributed by atoms with Gasteiger partial charge in [-0.05, 0) is 12.1 Å². The fourth-order valence-corrected chi connectivity index (χ4v) is 1.62. The molecule has 0 atom stereocenters. The molecule has 0 aromatic carbocycles. The van der Waals surface area contributed by atoms with Gasteiger partial charge >= 0.3 is 5.97 Å². The van der Waals surface area contributed by atoms with Crippen molar-refractivity contribution in [1.29, 1.82) is 0 Å². The van der Waals surface area contributed by atoms with Gasteiger partial charge in [-0.25, -0.2) is 9.78 Å². The second-order valence-corrected chi connectivity index (χ2v) is 4.00. The molecular formula is C14H15N3O5. The molecule has 0 aliphatic carbocycles. The summed E-state index contributed by atoms with van der Waals surface area (Å²) in [5, 5.41) is 0. The molecule has 0 saturated heterocycles. The SMILES string of the molecule is COC(=O)c1ncccc1OCc1nc(OC)cc(OC)n1. The number of hydrogen-bond acceptors (Lipinski definition) is 8. The zero-order valence-corrected chi connectivity index (χ0v) is 12.4. The Morgan fingerprint density at radius 1 is 1.14 bits per heavy atom. The van der Waals surface area contributed by atoms with Crippen molar-refractivity contribution in [2.45, 2.75) is 6.61 Å². The first kappa shape index (κ1) is 15.5. The molecule has 0 fully saturated rings. The minimum Gasteiger partial charge on any atom is -0.483 e. The van der Waals surface area contributed by atoms with Crippen molar-refractivity contribution in [2.24, 2.45) is 0 Å². The van der Waals surface area contributed by atoms with Crippen LogP contribution in [0, 0.1) is 0 Å². The smallest absolute Gasteiger partial charge is 0.360 e. The number of pyridine rings is 1. The Kier molecular flexibility index (Phi) is 5.07. The third kappa shape index (κ3) is 3.60.